The number of hydrogen-bond acceptors (Lipinski definition) is 3. The summed E-state index contributed by atoms with van der Waals surface area (Å²) in [7, 11) is -5.41. The van der Waals surface area contributed by atoms with Gasteiger partial charge >= 0.3 is 10.1 Å². The standard InChI is InChI=1S/C6H3F4NO3S/c7-1-3(9)6(15(12,13)14)4(10)2(8)5(1)11/h11H2,(H,12,13,14). The second-order valence-electron chi connectivity index (χ2n) is 2.47. The van der Waals surface area contributed by atoms with Crippen molar-refractivity contribution in [1.29, 1.82) is 0 Å². The predicted molar refractivity (Wildman–Crippen MR) is 40.5 cm³/mol. The Balaban J connectivity index is 3.84. The van der Waals surface area contributed by atoms with Gasteiger partial charge in [0.2, 0.25) is 0 Å². The molecule has 1 rings (SSSR count). The largest absolute Gasteiger partial charge is 0.394 e. The Hall–Kier alpha value is -1.35. The van der Waals surface area contributed by atoms with Crippen LogP contribution in [-0.2, 0) is 10.1 Å². The minimum atomic E-state index is -5.41. The van der Waals surface area contributed by atoms with Crippen molar-refractivity contribution in [1.82, 2.24) is 0 Å². The average Bonchev–Trinajstić information content (AvgIpc) is 2.09. The Bertz CT molecular complexity index is 499. The summed E-state index contributed by atoms with van der Waals surface area (Å²) >= 11 is 0. The van der Waals surface area contributed by atoms with Crippen LogP contribution in [0.3, 0.4) is 0 Å². The molecule has 1 aromatic rings. The Morgan fingerprint density at radius 1 is 0.933 bits per heavy atom. The number of anilines is 1. The van der Waals surface area contributed by atoms with Gasteiger partial charge in [-0.05, 0) is 0 Å². The molecule has 0 unspecified atom stereocenters. The number of benzene rings is 1. The van der Waals surface area contributed by atoms with E-state index in [4.69, 9.17) is 4.55 Å². The molecule has 0 aromatic heterocycles. The highest BCUT2D eigenvalue weighted by Crippen LogP contribution is 2.28. The first-order chi connectivity index (χ1) is 6.68. The van der Waals surface area contributed by atoms with Crippen molar-refractivity contribution in [2.75, 3.05) is 5.73 Å². The Labute approximate surface area is 81.1 Å². The van der Waals surface area contributed by atoms with Crippen LogP contribution in [0, 0.1) is 23.3 Å². The zero-order valence-corrected chi connectivity index (χ0v) is 7.58. The fourth-order valence-electron chi connectivity index (χ4n) is 0.855. The van der Waals surface area contributed by atoms with Gasteiger partial charge in [0.1, 0.15) is 5.69 Å². The first-order valence-electron chi connectivity index (χ1n) is 3.26. The molecule has 0 saturated heterocycles. The molecule has 0 radical (unpaired) electrons. The van der Waals surface area contributed by atoms with Gasteiger partial charge in [-0.15, -0.1) is 0 Å². The van der Waals surface area contributed by atoms with Gasteiger partial charge in [0, 0.05) is 0 Å². The van der Waals surface area contributed by atoms with Crippen LogP contribution >= 0.6 is 0 Å². The fourth-order valence-corrected chi connectivity index (χ4v) is 1.49. The molecular formula is C6H3F4NO3S. The maximum Gasteiger partial charge on any atom is 0.300 e. The van der Waals surface area contributed by atoms with Crippen molar-refractivity contribution >= 4 is 15.8 Å². The highest BCUT2D eigenvalue weighted by Gasteiger charge is 2.30. The lowest BCUT2D eigenvalue weighted by Gasteiger charge is -2.06. The molecule has 15 heavy (non-hydrogen) atoms. The molecule has 1 aromatic carbocycles. The highest BCUT2D eigenvalue weighted by molar-refractivity contribution is 7.85. The SMILES string of the molecule is Nc1c(F)c(F)c(S(=O)(=O)O)c(F)c1F. The molecule has 0 spiro atoms. The van der Waals surface area contributed by atoms with Crippen molar-refractivity contribution in [2.24, 2.45) is 0 Å². The number of rotatable bonds is 1. The third-order valence-corrected chi connectivity index (χ3v) is 2.39. The second-order valence-corrected chi connectivity index (χ2v) is 3.83. The van der Waals surface area contributed by atoms with Gasteiger partial charge < -0.3 is 5.73 Å². The highest BCUT2D eigenvalue weighted by atomic mass is 32.2. The lowest BCUT2D eigenvalue weighted by atomic mass is 10.2. The van der Waals surface area contributed by atoms with Crippen LogP contribution in [0.15, 0.2) is 4.90 Å². The van der Waals surface area contributed by atoms with E-state index >= 15 is 0 Å². The smallest absolute Gasteiger partial charge is 0.300 e. The topological polar surface area (TPSA) is 80.4 Å². The van der Waals surface area contributed by atoms with Gasteiger partial charge in [-0.3, -0.25) is 4.55 Å². The first kappa shape index (κ1) is 11.7. The monoisotopic (exact) mass is 245 g/mol. The van der Waals surface area contributed by atoms with Gasteiger partial charge in [0.25, 0.3) is 0 Å². The molecule has 0 heterocycles. The third-order valence-electron chi connectivity index (χ3n) is 1.52. The second kappa shape index (κ2) is 3.35. The summed E-state index contributed by atoms with van der Waals surface area (Å²) < 4.78 is 80.0. The average molecular weight is 245 g/mol. The van der Waals surface area contributed by atoms with E-state index < -0.39 is 44.0 Å². The molecule has 0 atom stereocenters. The maximum atomic E-state index is 12.8. The minimum Gasteiger partial charge on any atom is -0.394 e. The quantitative estimate of drug-likeness (QED) is 0.335. The van der Waals surface area contributed by atoms with Crippen molar-refractivity contribution in [3.8, 4) is 0 Å². The fraction of sp³-hybridized carbons (Fsp3) is 0. The van der Waals surface area contributed by atoms with Crippen molar-refractivity contribution < 1.29 is 30.5 Å². The van der Waals surface area contributed by atoms with Crippen molar-refractivity contribution in [3.05, 3.63) is 23.3 Å². The maximum absolute atomic E-state index is 12.8. The number of nitrogen functional groups attached to an aromatic ring is 1. The molecule has 0 fully saturated rings. The predicted octanol–water partition coefficient (Wildman–Crippen LogP) is 1.07. The van der Waals surface area contributed by atoms with E-state index in [0.717, 1.165) is 0 Å². The summed E-state index contributed by atoms with van der Waals surface area (Å²) in [5.41, 5.74) is 3.09. The third kappa shape index (κ3) is 1.75. The normalized spacial score (nSPS) is 11.8. The van der Waals surface area contributed by atoms with Crippen LogP contribution < -0.4 is 5.73 Å². The van der Waals surface area contributed by atoms with Crippen LogP contribution in [-0.4, -0.2) is 13.0 Å². The van der Waals surface area contributed by atoms with Gasteiger partial charge in [-0.2, -0.15) is 8.42 Å². The summed E-state index contributed by atoms with van der Waals surface area (Å²) in [6.07, 6.45) is 0. The zero-order valence-electron chi connectivity index (χ0n) is 6.76. The summed E-state index contributed by atoms with van der Waals surface area (Å²) in [6.45, 7) is 0. The van der Waals surface area contributed by atoms with E-state index in [9.17, 15) is 26.0 Å². The van der Waals surface area contributed by atoms with Crippen LogP contribution in [0.5, 0.6) is 0 Å². The van der Waals surface area contributed by atoms with Gasteiger partial charge in [-0.25, -0.2) is 17.6 Å². The van der Waals surface area contributed by atoms with Crippen LogP contribution in [0.4, 0.5) is 23.2 Å². The summed E-state index contributed by atoms with van der Waals surface area (Å²) in [4.78, 5) is -2.10. The molecule has 0 amide bonds. The Kier molecular flexibility index (Phi) is 2.62. The van der Waals surface area contributed by atoms with Gasteiger partial charge in [0.15, 0.2) is 28.2 Å². The van der Waals surface area contributed by atoms with E-state index in [2.05, 4.69) is 5.73 Å². The Morgan fingerprint density at radius 3 is 1.53 bits per heavy atom. The number of hydrogen-bond donors (Lipinski definition) is 2. The van der Waals surface area contributed by atoms with E-state index in [1.54, 1.807) is 0 Å². The van der Waals surface area contributed by atoms with Gasteiger partial charge in [0.05, 0.1) is 0 Å². The van der Waals surface area contributed by atoms with Crippen molar-refractivity contribution in [3.63, 3.8) is 0 Å². The van der Waals surface area contributed by atoms with Crippen LogP contribution in [0.1, 0.15) is 0 Å². The van der Waals surface area contributed by atoms with Crippen LogP contribution in [0.2, 0.25) is 0 Å². The first-order valence-corrected chi connectivity index (χ1v) is 4.70. The van der Waals surface area contributed by atoms with Crippen molar-refractivity contribution in [2.45, 2.75) is 4.90 Å². The molecule has 84 valence electrons. The lowest BCUT2D eigenvalue weighted by Crippen LogP contribution is -2.12. The van der Waals surface area contributed by atoms with Gasteiger partial charge in [-0.1, -0.05) is 0 Å². The molecule has 4 nitrogen and oxygen atoms in total. The molecular weight excluding hydrogens is 242 g/mol. The number of halogens is 4. The van der Waals surface area contributed by atoms with E-state index in [-0.39, 0.29) is 0 Å². The number of nitrogens with two attached hydrogens (primary N) is 1. The molecule has 0 aliphatic rings. The van der Waals surface area contributed by atoms with Crippen LogP contribution in [0.25, 0.3) is 0 Å². The molecule has 9 heteroatoms. The molecule has 0 bridgehead atoms. The molecule has 3 N–H and O–H groups in total. The van der Waals surface area contributed by atoms with E-state index in [1.807, 2.05) is 0 Å². The molecule has 0 aliphatic carbocycles. The minimum absolute atomic E-state index is 1.50. The van der Waals surface area contributed by atoms with E-state index in [0.29, 0.717) is 0 Å². The Morgan fingerprint density at radius 2 is 1.27 bits per heavy atom. The lowest BCUT2D eigenvalue weighted by molar-refractivity contribution is 0.407. The summed E-state index contributed by atoms with van der Waals surface area (Å²) in [5.74, 6) is -8.70. The summed E-state index contributed by atoms with van der Waals surface area (Å²) in [5, 5.41) is 0. The molecule has 0 saturated carbocycles. The summed E-state index contributed by atoms with van der Waals surface area (Å²) in [6, 6.07) is 0. The molecule has 0 aliphatic heterocycles. The van der Waals surface area contributed by atoms with E-state index in [1.165, 1.54) is 0 Å². The zero-order chi connectivity index (χ0) is 12.0.